The van der Waals surface area contributed by atoms with Gasteiger partial charge in [-0.3, -0.25) is 4.79 Å². The minimum absolute atomic E-state index is 0.0616. The Morgan fingerprint density at radius 2 is 1.86 bits per heavy atom. The molecule has 0 unspecified atom stereocenters. The molecule has 0 spiro atoms. The van der Waals surface area contributed by atoms with E-state index in [0.717, 1.165) is 25.8 Å². The zero-order valence-corrected chi connectivity index (χ0v) is 13.8. The summed E-state index contributed by atoms with van der Waals surface area (Å²) in [6.45, 7) is 2.74. The smallest absolute Gasteiger partial charge is 0.162 e. The van der Waals surface area contributed by atoms with Crippen molar-refractivity contribution in [3.63, 3.8) is 0 Å². The van der Waals surface area contributed by atoms with E-state index < -0.39 is 0 Å². The Morgan fingerprint density at radius 1 is 1.10 bits per heavy atom. The van der Waals surface area contributed by atoms with Gasteiger partial charge in [-0.15, -0.1) is 0 Å². The summed E-state index contributed by atoms with van der Waals surface area (Å²) in [5.41, 5.74) is 0.702. The number of rotatable bonds is 3. The maximum Gasteiger partial charge on any atom is 0.162 e. The van der Waals surface area contributed by atoms with Crippen LogP contribution in [0, 0.1) is 0 Å². The summed E-state index contributed by atoms with van der Waals surface area (Å²) in [6.07, 6.45) is 0. The Kier molecular flexibility index (Phi) is 4.22. The molecular weight excluding hydrogens is 352 g/mol. The molecule has 0 bridgehead atoms. The highest BCUT2D eigenvalue weighted by Crippen LogP contribution is 2.39. The van der Waals surface area contributed by atoms with Crippen molar-refractivity contribution in [3.05, 3.63) is 46.4 Å². The first-order chi connectivity index (χ1) is 10.1. The van der Waals surface area contributed by atoms with Gasteiger partial charge in [-0.2, -0.15) is 0 Å². The summed E-state index contributed by atoms with van der Waals surface area (Å²) in [5, 5.41) is 0. The molecule has 2 aromatic rings. The van der Waals surface area contributed by atoms with Gasteiger partial charge in [-0.1, -0.05) is 17.8 Å². The highest BCUT2D eigenvalue weighted by molar-refractivity contribution is 9.10. The van der Waals surface area contributed by atoms with E-state index in [0.29, 0.717) is 18.8 Å². The molecule has 2 aromatic carbocycles. The largest absolute Gasteiger partial charge is 0.486 e. The summed E-state index contributed by atoms with van der Waals surface area (Å²) < 4.78 is 12.0. The number of benzene rings is 2. The molecule has 0 atom stereocenters. The predicted molar refractivity (Wildman–Crippen MR) is 85.7 cm³/mol. The molecule has 0 amide bonds. The molecule has 5 heteroatoms. The summed E-state index contributed by atoms with van der Waals surface area (Å²) >= 11 is 5.13. The van der Waals surface area contributed by atoms with Crippen molar-refractivity contribution < 1.29 is 14.3 Å². The van der Waals surface area contributed by atoms with Crippen LogP contribution in [0.2, 0.25) is 0 Å². The zero-order chi connectivity index (χ0) is 14.8. The van der Waals surface area contributed by atoms with Gasteiger partial charge in [0.2, 0.25) is 0 Å². The van der Waals surface area contributed by atoms with Crippen LogP contribution in [0.1, 0.15) is 17.3 Å². The summed E-state index contributed by atoms with van der Waals surface area (Å²) in [6, 6.07) is 11.5. The average Bonchev–Trinajstić information content (AvgIpc) is 2.49. The molecule has 1 aliphatic rings. The lowest BCUT2D eigenvalue weighted by Gasteiger charge is -2.18. The maximum atomic E-state index is 11.4. The van der Waals surface area contributed by atoms with Crippen molar-refractivity contribution in [1.82, 2.24) is 0 Å². The van der Waals surface area contributed by atoms with E-state index in [-0.39, 0.29) is 5.78 Å². The van der Waals surface area contributed by atoms with Gasteiger partial charge in [0.15, 0.2) is 17.3 Å². The first-order valence-corrected chi connectivity index (χ1v) is 8.12. The van der Waals surface area contributed by atoms with E-state index in [2.05, 4.69) is 15.9 Å². The molecule has 0 N–H and O–H groups in total. The molecule has 0 aliphatic carbocycles. The van der Waals surface area contributed by atoms with E-state index in [9.17, 15) is 4.79 Å². The maximum absolute atomic E-state index is 11.4. The molecule has 1 heterocycles. The van der Waals surface area contributed by atoms with Crippen molar-refractivity contribution >= 4 is 33.5 Å². The number of Topliss-reactive ketones (excluding diaryl/α,β-unsaturated/α-hetero) is 1. The molecule has 0 fully saturated rings. The van der Waals surface area contributed by atoms with Gasteiger partial charge < -0.3 is 9.47 Å². The van der Waals surface area contributed by atoms with Crippen molar-refractivity contribution in [2.24, 2.45) is 0 Å². The van der Waals surface area contributed by atoms with Crippen LogP contribution in [0.25, 0.3) is 0 Å². The van der Waals surface area contributed by atoms with Crippen molar-refractivity contribution in [2.75, 3.05) is 13.2 Å². The number of fused-ring (bicyclic) bond motifs is 1. The van der Waals surface area contributed by atoms with Crippen molar-refractivity contribution in [2.45, 2.75) is 16.7 Å². The lowest BCUT2D eigenvalue weighted by molar-refractivity contribution is 0.101. The van der Waals surface area contributed by atoms with Crippen LogP contribution >= 0.6 is 27.7 Å². The lowest BCUT2D eigenvalue weighted by atomic mass is 10.2. The van der Waals surface area contributed by atoms with Gasteiger partial charge in [0.1, 0.15) is 13.2 Å². The third kappa shape index (κ3) is 3.24. The number of carbonyl (C=O) groups is 1. The average molecular weight is 365 g/mol. The van der Waals surface area contributed by atoms with Gasteiger partial charge >= 0.3 is 0 Å². The van der Waals surface area contributed by atoms with Crippen LogP contribution in [0.3, 0.4) is 0 Å². The van der Waals surface area contributed by atoms with Crippen LogP contribution in [-0.4, -0.2) is 19.0 Å². The summed E-state index contributed by atoms with van der Waals surface area (Å²) in [4.78, 5) is 13.5. The zero-order valence-electron chi connectivity index (χ0n) is 11.4. The first-order valence-electron chi connectivity index (χ1n) is 6.51. The van der Waals surface area contributed by atoms with Crippen LogP contribution in [0.15, 0.2) is 50.7 Å². The lowest BCUT2D eigenvalue weighted by Crippen LogP contribution is -2.15. The monoisotopic (exact) mass is 364 g/mol. The molecule has 0 saturated carbocycles. The number of carbonyl (C=O) groups excluding carboxylic acids is 1. The number of ketones is 1. The highest BCUT2D eigenvalue weighted by atomic mass is 79.9. The normalized spacial score (nSPS) is 13.0. The highest BCUT2D eigenvalue weighted by Gasteiger charge is 2.13. The van der Waals surface area contributed by atoms with E-state index in [1.807, 2.05) is 36.4 Å². The molecule has 3 rings (SSSR count). The first kappa shape index (κ1) is 14.5. The molecule has 0 saturated heterocycles. The summed E-state index contributed by atoms with van der Waals surface area (Å²) in [7, 11) is 0. The molecule has 0 radical (unpaired) electrons. The van der Waals surface area contributed by atoms with E-state index in [4.69, 9.17) is 9.47 Å². The van der Waals surface area contributed by atoms with E-state index >= 15 is 0 Å². The van der Waals surface area contributed by atoms with Crippen LogP contribution < -0.4 is 9.47 Å². The Bertz CT molecular complexity index is 700. The van der Waals surface area contributed by atoms with Gasteiger partial charge in [-0.25, -0.2) is 0 Å². The molecule has 1 aliphatic heterocycles. The molecule has 108 valence electrons. The van der Waals surface area contributed by atoms with Gasteiger partial charge in [-0.05, 0) is 53.2 Å². The topological polar surface area (TPSA) is 35.5 Å². The van der Waals surface area contributed by atoms with Crippen molar-refractivity contribution in [3.8, 4) is 11.5 Å². The van der Waals surface area contributed by atoms with Gasteiger partial charge in [0.25, 0.3) is 0 Å². The minimum atomic E-state index is 0.0616. The van der Waals surface area contributed by atoms with Gasteiger partial charge in [0, 0.05) is 19.8 Å². The third-order valence-corrected chi connectivity index (χ3v) is 5.06. The Labute approximate surface area is 135 Å². The summed E-state index contributed by atoms with van der Waals surface area (Å²) in [5.74, 6) is 1.63. The van der Waals surface area contributed by atoms with E-state index in [1.165, 1.54) is 0 Å². The quantitative estimate of drug-likeness (QED) is 0.747. The molecular formula is C16H13BrO3S. The predicted octanol–water partition coefficient (Wildman–Crippen LogP) is 4.57. The number of halogens is 1. The molecule has 21 heavy (non-hydrogen) atoms. The molecule has 0 aromatic heterocycles. The Morgan fingerprint density at radius 3 is 2.57 bits per heavy atom. The standard InChI is InChI=1S/C16H13BrO3S/c1-10(18)11-2-5-16(13(17)8-11)21-12-3-4-14-15(9-12)20-7-6-19-14/h2-5,8-9H,6-7H2,1H3. The SMILES string of the molecule is CC(=O)c1ccc(Sc2ccc3c(c2)OCCO3)c(Br)c1. The Balaban J connectivity index is 1.85. The second-order valence-corrected chi connectivity index (χ2v) is 6.58. The van der Waals surface area contributed by atoms with E-state index in [1.54, 1.807) is 18.7 Å². The van der Waals surface area contributed by atoms with Crippen molar-refractivity contribution in [1.29, 1.82) is 0 Å². The minimum Gasteiger partial charge on any atom is -0.486 e. The Hall–Kier alpha value is -1.46. The fourth-order valence-electron chi connectivity index (χ4n) is 2.02. The third-order valence-electron chi connectivity index (χ3n) is 3.08. The fourth-order valence-corrected chi connectivity index (χ4v) is 3.49. The number of hydrogen-bond donors (Lipinski definition) is 0. The van der Waals surface area contributed by atoms with Crippen LogP contribution in [0.5, 0.6) is 11.5 Å². The second kappa shape index (κ2) is 6.12. The molecule has 3 nitrogen and oxygen atoms in total. The fraction of sp³-hybridized carbons (Fsp3) is 0.188. The van der Waals surface area contributed by atoms with Crippen LogP contribution in [0.4, 0.5) is 0 Å². The van der Waals surface area contributed by atoms with Gasteiger partial charge in [0.05, 0.1) is 0 Å². The second-order valence-electron chi connectivity index (χ2n) is 4.61. The number of ether oxygens (including phenoxy) is 2. The van der Waals surface area contributed by atoms with Crippen LogP contribution in [-0.2, 0) is 0 Å². The number of hydrogen-bond acceptors (Lipinski definition) is 4.